The lowest BCUT2D eigenvalue weighted by atomic mass is 9.83. The molecule has 1 atom stereocenters. The first kappa shape index (κ1) is 14.9. The summed E-state index contributed by atoms with van der Waals surface area (Å²) in [6.45, 7) is 1.82. The van der Waals surface area contributed by atoms with Gasteiger partial charge in [0, 0.05) is 29.3 Å². The van der Waals surface area contributed by atoms with Gasteiger partial charge >= 0.3 is 5.69 Å². The number of nitro benzene ring substituents is 1. The number of nitrogens with zero attached hydrogens (tertiary/aromatic N) is 2. The van der Waals surface area contributed by atoms with E-state index < -0.39 is 22.1 Å². The molecule has 3 heterocycles. The van der Waals surface area contributed by atoms with Crippen LogP contribution in [0.25, 0.3) is 0 Å². The minimum atomic E-state index is -0.630. The zero-order valence-electron chi connectivity index (χ0n) is 12.9. The number of non-ortho nitro benzene ring substituents is 1. The number of H-pyrrole nitrogens is 3. The Morgan fingerprint density at radius 1 is 1.12 bits per heavy atom. The third kappa shape index (κ3) is 2.23. The second-order valence-electron chi connectivity index (χ2n) is 5.71. The smallest absolute Gasteiger partial charge is 0.324 e. The topological polar surface area (TPSA) is 150 Å². The standard InChI is InChI=1S/C15H12N6O4/c1-6-9-10(7-2-4-8(5-3-7)21(24)25)11-12(16-13(9)20-19-6)17-15(23)18-14(11)22/h2-5,10H,1H3,(H4,16,17,18,19,20,22,23). The molecule has 0 bridgehead atoms. The number of hydrogen-bond acceptors (Lipinski definition) is 6. The summed E-state index contributed by atoms with van der Waals surface area (Å²) in [7, 11) is 0. The quantitative estimate of drug-likeness (QED) is 0.318. The second kappa shape index (κ2) is 5.16. The Labute approximate surface area is 139 Å². The third-order valence-electron chi connectivity index (χ3n) is 4.23. The predicted molar refractivity (Wildman–Crippen MR) is 88.3 cm³/mol. The van der Waals surface area contributed by atoms with E-state index in [2.05, 4.69) is 25.5 Å². The van der Waals surface area contributed by atoms with Crippen molar-refractivity contribution in [3.63, 3.8) is 0 Å². The van der Waals surface area contributed by atoms with Crippen molar-refractivity contribution in [2.45, 2.75) is 12.8 Å². The van der Waals surface area contributed by atoms with Crippen LogP contribution in [0.1, 0.15) is 28.3 Å². The number of anilines is 2. The lowest BCUT2D eigenvalue weighted by molar-refractivity contribution is -0.384. The summed E-state index contributed by atoms with van der Waals surface area (Å²) < 4.78 is 0. The number of aromatic nitrogens is 4. The molecule has 1 aliphatic heterocycles. The predicted octanol–water partition coefficient (Wildman–Crippen LogP) is 1.24. The molecule has 1 aliphatic rings. The van der Waals surface area contributed by atoms with Crippen LogP contribution in [0.4, 0.5) is 17.3 Å². The van der Waals surface area contributed by atoms with Crippen molar-refractivity contribution in [3.8, 4) is 0 Å². The van der Waals surface area contributed by atoms with Gasteiger partial charge in [-0.15, -0.1) is 0 Å². The number of aromatic amines is 3. The Bertz CT molecular complexity index is 1110. The second-order valence-corrected chi connectivity index (χ2v) is 5.71. The molecule has 0 radical (unpaired) electrons. The molecule has 2 aromatic heterocycles. The normalized spacial score (nSPS) is 15.2. The molecule has 4 N–H and O–H groups in total. The largest absolute Gasteiger partial charge is 0.327 e. The minimum absolute atomic E-state index is 0.0441. The molecule has 0 spiro atoms. The maximum Gasteiger partial charge on any atom is 0.327 e. The Morgan fingerprint density at radius 2 is 1.84 bits per heavy atom. The van der Waals surface area contributed by atoms with Gasteiger partial charge in [-0.1, -0.05) is 12.1 Å². The summed E-state index contributed by atoms with van der Waals surface area (Å²) in [5.41, 5.74) is 1.30. The number of hydrogen-bond donors (Lipinski definition) is 4. The van der Waals surface area contributed by atoms with Crippen LogP contribution >= 0.6 is 0 Å². The number of fused-ring (bicyclic) bond motifs is 2. The van der Waals surface area contributed by atoms with Crippen LogP contribution < -0.4 is 16.6 Å². The average Bonchev–Trinajstić information content (AvgIpc) is 2.93. The highest BCUT2D eigenvalue weighted by Crippen LogP contribution is 2.42. The zero-order valence-corrected chi connectivity index (χ0v) is 12.9. The SMILES string of the molecule is Cc1[nH]nc2c1C(c1ccc([N+](=O)[O-])cc1)c1c([nH]c(=O)[nH]c1=O)N2. The van der Waals surface area contributed by atoms with E-state index in [4.69, 9.17) is 0 Å². The van der Waals surface area contributed by atoms with E-state index >= 15 is 0 Å². The highest BCUT2D eigenvalue weighted by atomic mass is 16.6. The van der Waals surface area contributed by atoms with Crippen LogP contribution in [-0.4, -0.2) is 25.1 Å². The van der Waals surface area contributed by atoms with Crippen LogP contribution in [-0.2, 0) is 0 Å². The highest BCUT2D eigenvalue weighted by Gasteiger charge is 2.34. The first-order valence-corrected chi connectivity index (χ1v) is 7.38. The molecule has 1 unspecified atom stereocenters. The van der Waals surface area contributed by atoms with Gasteiger partial charge in [-0.25, -0.2) is 4.79 Å². The zero-order chi connectivity index (χ0) is 17.7. The van der Waals surface area contributed by atoms with E-state index in [9.17, 15) is 19.7 Å². The fraction of sp³-hybridized carbons (Fsp3) is 0.133. The molecule has 3 aromatic rings. The molecule has 126 valence electrons. The Balaban J connectivity index is 1.98. The molecule has 10 heteroatoms. The minimum Gasteiger partial charge on any atom is -0.324 e. The Morgan fingerprint density at radius 3 is 2.52 bits per heavy atom. The first-order chi connectivity index (χ1) is 12.0. The molecule has 0 saturated carbocycles. The molecular formula is C15H12N6O4. The molecule has 10 nitrogen and oxygen atoms in total. The Kier molecular flexibility index (Phi) is 3.07. The van der Waals surface area contributed by atoms with E-state index in [1.54, 1.807) is 12.1 Å². The van der Waals surface area contributed by atoms with Crippen molar-refractivity contribution in [2.75, 3.05) is 5.32 Å². The van der Waals surface area contributed by atoms with Crippen LogP contribution in [0, 0.1) is 17.0 Å². The van der Waals surface area contributed by atoms with Gasteiger partial charge in [-0.05, 0) is 12.5 Å². The molecule has 0 amide bonds. The summed E-state index contributed by atoms with van der Waals surface area (Å²) in [4.78, 5) is 39.2. The third-order valence-corrected chi connectivity index (χ3v) is 4.23. The van der Waals surface area contributed by atoms with E-state index in [-0.39, 0.29) is 11.5 Å². The van der Waals surface area contributed by atoms with Gasteiger partial charge < -0.3 is 5.32 Å². The summed E-state index contributed by atoms with van der Waals surface area (Å²) >= 11 is 0. The Hall–Kier alpha value is -3.69. The maximum atomic E-state index is 12.4. The van der Waals surface area contributed by atoms with Gasteiger partial charge in [-0.3, -0.25) is 30.0 Å². The number of aryl methyl sites for hydroxylation is 1. The summed E-state index contributed by atoms with van der Waals surface area (Å²) in [6.07, 6.45) is 0. The van der Waals surface area contributed by atoms with Crippen molar-refractivity contribution in [2.24, 2.45) is 0 Å². The van der Waals surface area contributed by atoms with Crippen molar-refractivity contribution in [1.82, 2.24) is 20.2 Å². The average molecular weight is 340 g/mol. The van der Waals surface area contributed by atoms with Gasteiger partial charge in [0.1, 0.15) is 5.82 Å². The van der Waals surface area contributed by atoms with Crippen molar-refractivity contribution in [1.29, 1.82) is 0 Å². The summed E-state index contributed by atoms with van der Waals surface area (Å²) in [6, 6.07) is 5.95. The van der Waals surface area contributed by atoms with Crippen LogP contribution in [0.5, 0.6) is 0 Å². The van der Waals surface area contributed by atoms with Crippen molar-refractivity contribution >= 4 is 17.3 Å². The van der Waals surface area contributed by atoms with Gasteiger partial charge in [0.15, 0.2) is 5.82 Å². The number of benzene rings is 1. The number of rotatable bonds is 2. The molecular weight excluding hydrogens is 328 g/mol. The van der Waals surface area contributed by atoms with E-state index in [0.29, 0.717) is 16.9 Å². The molecule has 4 rings (SSSR count). The summed E-state index contributed by atoms with van der Waals surface area (Å²) in [5, 5.41) is 20.8. The lowest BCUT2D eigenvalue weighted by Crippen LogP contribution is -2.31. The molecule has 1 aromatic carbocycles. The molecule has 0 saturated heterocycles. The van der Waals surface area contributed by atoms with E-state index in [1.807, 2.05) is 6.92 Å². The van der Waals surface area contributed by atoms with Gasteiger partial charge in [0.2, 0.25) is 0 Å². The highest BCUT2D eigenvalue weighted by molar-refractivity contribution is 5.71. The van der Waals surface area contributed by atoms with Crippen molar-refractivity contribution in [3.05, 3.63) is 77.6 Å². The van der Waals surface area contributed by atoms with Crippen LogP contribution in [0.3, 0.4) is 0 Å². The monoisotopic (exact) mass is 340 g/mol. The summed E-state index contributed by atoms with van der Waals surface area (Å²) in [5.74, 6) is 0.233. The molecule has 0 fully saturated rings. The first-order valence-electron chi connectivity index (χ1n) is 7.38. The fourth-order valence-electron chi connectivity index (χ4n) is 3.14. The van der Waals surface area contributed by atoms with Crippen molar-refractivity contribution < 1.29 is 4.92 Å². The molecule has 25 heavy (non-hydrogen) atoms. The van der Waals surface area contributed by atoms with Gasteiger partial charge in [-0.2, -0.15) is 5.10 Å². The lowest BCUT2D eigenvalue weighted by Gasteiger charge is -2.25. The molecule has 0 aliphatic carbocycles. The van der Waals surface area contributed by atoms with Gasteiger partial charge in [0.05, 0.1) is 10.5 Å². The van der Waals surface area contributed by atoms with Crippen LogP contribution in [0.15, 0.2) is 33.9 Å². The number of nitrogens with one attached hydrogen (secondary N) is 4. The van der Waals surface area contributed by atoms with E-state index in [0.717, 1.165) is 11.3 Å². The fourth-order valence-corrected chi connectivity index (χ4v) is 3.14. The number of nitro groups is 1. The maximum absolute atomic E-state index is 12.4. The van der Waals surface area contributed by atoms with Gasteiger partial charge in [0.25, 0.3) is 11.2 Å². The van der Waals surface area contributed by atoms with E-state index in [1.165, 1.54) is 12.1 Å². The van der Waals surface area contributed by atoms with Crippen LogP contribution in [0.2, 0.25) is 0 Å².